The standard InChI is InChI=1S/C52H35NO/c1-4-13-36(14-5-1)39-23-25-42(26-24-39)47-35-48-51-49(21-12-22-50(51)54-52(48)46-20-11-10-19-45(46)47)53(43-31-27-40(28-32-43)37-15-6-2-7-16-37)44-33-29-41(30-34-44)38-17-8-3-9-18-38/h1-35H/i10D,11D,12D,19D,20D,21D,22D,35D. The quantitative estimate of drug-likeness (QED) is 0.165. The second-order valence-electron chi connectivity index (χ2n) is 13.1. The molecule has 0 aliphatic rings. The van der Waals surface area contributed by atoms with Crippen LogP contribution < -0.4 is 4.90 Å². The molecule has 1 aromatic heterocycles. The van der Waals surface area contributed by atoms with Crippen molar-refractivity contribution < 1.29 is 15.4 Å². The van der Waals surface area contributed by atoms with Gasteiger partial charge in [-0.2, -0.15) is 0 Å². The number of hydrogen-bond donors (Lipinski definition) is 0. The minimum atomic E-state index is -0.473. The van der Waals surface area contributed by atoms with Gasteiger partial charge >= 0.3 is 0 Å². The van der Waals surface area contributed by atoms with E-state index in [1.54, 1.807) is 0 Å². The fraction of sp³-hybridized carbons (Fsp3) is 0. The van der Waals surface area contributed by atoms with Gasteiger partial charge < -0.3 is 9.32 Å². The molecule has 1 heterocycles. The van der Waals surface area contributed by atoms with E-state index in [0.29, 0.717) is 16.9 Å². The molecular weight excluding hydrogens is 655 g/mol. The van der Waals surface area contributed by atoms with Gasteiger partial charge in [0.15, 0.2) is 0 Å². The molecule has 0 saturated carbocycles. The highest BCUT2D eigenvalue weighted by Gasteiger charge is 2.22. The Bertz CT molecular complexity index is 3250. The van der Waals surface area contributed by atoms with Crippen molar-refractivity contribution in [3.05, 3.63) is 212 Å². The van der Waals surface area contributed by atoms with Gasteiger partial charge in [-0.3, -0.25) is 0 Å². The smallest absolute Gasteiger partial charge is 0.143 e. The first-order valence-corrected chi connectivity index (χ1v) is 17.8. The number of nitrogens with zero attached hydrogens (tertiary/aromatic N) is 1. The lowest BCUT2D eigenvalue weighted by atomic mass is 9.93. The molecule has 10 rings (SSSR count). The molecular formula is C52H35NO. The summed E-state index contributed by atoms with van der Waals surface area (Å²) in [6, 6.07) is 50.2. The molecule has 0 radical (unpaired) electrons. The number of rotatable bonds is 7. The zero-order valence-electron chi connectivity index (χ0n) is 36.9. The molecule has 10 aromatic rings. The third kappa shape index (κ3) is 5.62. The maximum absolute atomic E-state index is 10.1. The Hall–Kier alpha value is -7.16. The Morgan fingerprint density at radius 2 is 0.833 bits per heavy atom. The second-order valence-corrected chi connectivity index (χ2v) is 13.1. The number of hydrogen-bond acceptors (Lipinski definition) is 2. The Kier molecular flexibility index (Phi) is 6.01. The van der Waals surface area contributed by atoms with Crippen molar-refractivity contribution in [2.24, 2.45) is 0 Å². The first-order valence-electron chi connectivity index (χ1n) is 21.8. The van der Waals surface area contributed by atoms with Crippen LogP contribution in [-0.4, -0.2) is 0 Å². The molecule has 0 saturated heterocycles. The highest BCUT2D eigenvalue weighted by molar-refractivity contribution is 6.22. The van der Waals surface area contributed by atoms with E-state index in [1.807, 2.05) is 169 Å². The summed E-state index contributed by atoms with van der Waals surface area (Å²) in [7, 11) is 0. The van der Waals surface area contributed by atoms with E-state index < -0.39 is 18.1 Å². The van der Waals surface area contributed by atoms with Gasteiger partial charge in [-0.25, -0.2) is 0 Å². The lowest BCUT2D eigenvalue weighted by molar-refractivity contribution is 0.672. The Balaban J connectivity index is 1.30. The van der Waals surface area contributed by atoms with Gasteiger partial charge in [0.1, 0.15) is 11.2 Å². The van der Waals surface area contributed by atoms with Crippen LogP contribution in [-0.2, 0) is 0 Å². The molecule has 0 aliphatic carbocycles. The third-order valence-corrected chi connectivity index (χ3v) is 9.89. The van der Waals surface area contributed by atoms with E-state index >= 15 is 0 Å². The van der Waals surface area contributed by atoms with Crippen LogP contribution in [0.5, 0.6) is 0 Å². The summed E-state index contributed by atoms with van der Waals surface area (Å²) in [6.45, 7) is 0. The van der Waals surface area contributed by atoms with E-state index in [4.69, 9.17) is 8.53 Å². The fourth-order valence-electron chi connectivity index (χ4n) is 7.23. The average molecular weight is 698 g/mol. The zero-order chi connectivity index (χ0) is 42.8. The Morgan fingerprint density at radius 3 is 1.35 bits per heavy atom. The van der Waals surface area contributed by atoms with Gasteiger partial charge in [-0.05, 0) is 92.3 Å². The van der Waals surface area contributed by atoms with Crippen LogP contribution in [0, 0.1) is 0 Å². The van der Waals surface area contributed by atoms with E-state index in [0.717, 1.165) is 33.4 Å². The maximum atomic E-state index is 10.1. The molecule has 0 unspecified atom stereocenters. The van der Waals surface area contributed by atoms with Crippen molar-refractivity contribution in [3.63, 3.8) is 0 Å². The number of furan rings is 1. The predicted octanol–water partition coefficient (Wildman–Crippen LogP) is 14.9. The summed E-state index contributed by atoms with van der Waals surface area (Å²) in [5.74, 6) is 0. The van der Waals surface area contributed by atoms with Gasteiger partial charge in [0.05, 0.1) is 22.0 Å². The molecule has 0 aliphatic heterocycles. The third-order valence-electron chi connectivity index (χ3n) is 9.89. The summed E-state index contributed by atoms with van der Waals surface area (Å²) in [6.07, 6.45) is 0. The normalized spacial score (nSPS) is 13.4. The second kappa shape index (κ2) is 13.4. The molecule has 2 nitrogen and oxygen atoms in total. The monoisotopic (exact) mass is 697 g/mol. The van der Waals surface area contributed by atoms with E-state index in [-0.39, 0.29) is 74.2 Å². The van der Waals surface area contributed by atoms with Crippen molar-refractivity contribution in [3.8, 4) is 44.5 Å². The lowest BCUT2D eigenvalue weighted by Crippen LogP contribution is -2.10. The van der Waals surface area contributed by atoms with Crippen LogP contribution in [0.15, 0.2) is 217 Å². The van der Waals surface area contributed by atoms with Gasteiger partial charge in [-0.15, -0.1) is 0 Å². The minimum Gasteiger partial charge on any atom is -0.455 e. The van der Waals surface area contributed by atoms with Crippen molar-refractivity contribution in [2.75, 3.05) is 4.90 Å². The minimum absolute atomic E-state index is 0.0183. The highest BCUT2D eigenvalue weighted by atomic mass is 16.3. The molecule has 0 amide bonds. The number of benzene rings is 9. The van der Waals surface area contributed by atoms with Crippen LogP contribution >= 0.6 is 0 Å². The Morgan fingerprint density at radius 1 is 0.389 bits per heavy atom. The van der Waals surface area contributed by atoms with Crippen LogP contribution in [0.2, 0.25) is 0 Å². The average Bonchev–Trinajstić information content (AvgIpc) is 3.72. The molecule has 0 N–H and O–H groups in total. The highest BCUT2D eigenvalue weighted by Crippen LogP contribution is 2.46. The fourth-order valence-corrected chi connectivity index (χ4v) is 7.23. The largest absolute Gasteiger partial charge is 0.455 e. The molecule has 254 valence electrons. The summed E-state index contributed by atoms with van der Waals surface area (Å²) in [5, 5.41) is 0.542. The van der Waals surface area contributed by atoms with Gasteiger partial charge in [0.2, 0.25) is 0 Å². The first kappa shape index (κ1) is 24.2. The van der Waals surface area contributed by atoms with Crippen LogP contribution in [0.25, 0.3) is 77.2 Å². The maximum Gasteiger partial charge on any atom is 0.143 e. The van der Waals surface area contributed by atoms with Crippen molar-refractivity contribution in [1.82, 2.24) is 0 Å². The number of fused-ring (bicyclic) bond motifs is 5. The summed E-state index contributed by atoms with van der Waals surface area (Å²) in [4.78, 5) is 1.85. The van der Waals surface area contributed by atoms with E-state index in [1.165, 1.54) is 0 Å². The predicted molar refractivity (Wildman–Crippen MR) is 228 cm³/mol. The first-order chi connectivity index (χ1) is 30.1. The summed E-state index contributed by atoms with van der Waals surface area (Å²) in [5.41, 5.74) is 8.10. The number of anilines is 3. The topological polar surface area (TPSA) is 16.4 Å². The zero-order valence-corrected chi connectivity index (χ0v) is 28.9. The molecule has 0 bridgehead atoms. The van der Waals surface area contributed by atoms with Gasteiger partial charge in [0, 0.05) is 22.1 Å². The molecule has 0 fully saturated rings. The summed E-state index contributed by atoms with van der Waals surface area (Å²) < 4.78 is 80.4. The van der Waals surface area contributed by atoms with Crippen molar-refractivity contribution >= 4 is 49.8 Å². The van der Waals surface area contributed by atoms with E-state index in [2.05, 4.69) is 0 Å². The molecule has 54 heavy (non-hydrogen) atoms. The Labute approximate surface area is 326 Å². The molecule has 0 spiro atoms. The summed E-state index contributed by atoms with van der Waals surface area (Å²) >= 11 is 0. The lowest BCUT2D eigenvalue weighted by Gasteiger charge is -2.26. The van der Waals surface area contributed by atoms with Crippen LogP contribution in [0.3, 0.4) is 0 Å². The van der Waals surface area contributed by atoms with E-state index in [9.17, 15) is 6.85 Å². The van der Waals surface area contributed by atoms with Gasteiger partial charge in [0.25, 0.3) is 0 Å². The molecule has 9 aromatic carbocycles. The van der Waals surface area contributed by atoms with Gasteiger partial charge in [-0.1, -0.05) is 170 Å². The van der Waals surface area contributed by atoms with Crippen molar-refractivity contribution in [1.29, 1.82) is 0 Å². The molecule has 2 heteroatoms. The SMILES string of the molecule is [2H]c1c([2H])c(N(c2ccc(-c3ccccc3)cc2)c2ccc(-c3ccccc3)cc2)c2c(oc3c4c([2H])c([2H])c([2H])c([2H])c4c(-c4ccc(-c5ccccc5)cc4)c([2H])c32)c1[2H]. The van der Waals surface area contributed by atoms with Crippen LogP contribution in [0.4, 0.5) is 17.1 Å². The van der Waals surface area contributed by atoms with Crippen molar-refractivity contribution in [2.45, 2.75) is 0 Å². The van der Waals surface area contributed by atoms with Crippen LogP contribution in [0.1, 0.15) is 11.0 Å². The molecule has 0 atom stereocenters.